The highest BCUT2D eigenvalue weighted by molar-refractivity contribution is 7.12. The van der Waals surface area contributed by atoms with Crippen LogP contribution in [-0.4, -0.2) is 52.4 Å². The quantitative estimate of drug-likeness (QED) is 0.763. The van der Waals surface area contributed by atoms with Crippen LogP contribution in [0, 0.1) is 12.8 Å². The Labute approximate surface area is 173 Å². The molecule has 2 aromatic rings. The molecule has 0 aliphatic carbocycles. The first-order valence-corrected chi connectivity index (χ1v) is 11.3. The van der Waals surface area contributed by atoms with Crippen LogP contribution >= 0.6 is 11.3 Å². The van der Waals surface area contributed by atoms with E-state index in [4.69, 9.17) is 0 Å². The summed E-state index contributed by atoms with van der Waals surface area (Å²) in [7, 11) is 0. The molecule has 152 valence electrons. The van der Waals surface area contributed by atoms with Gasteiger partial charge in [0.15, 0.2) is 0 Å². The Morgan fingerprint density at radius 2 is 1.86 bits per heavy atom. The number of piperidine rings is 1. The lowest BCUT2D eigenvalue weighted by atomic mass is 9.78. The van der Waals surface area contributed by atoms with Crippen LogP contribution in [0.2, 0.25) is 0 Å². The molecule has 5 heterocycles. The molecule has 2 fully saturated rings. The third kappa shape index (κ3) is 3.03. The van der Waals surface area contributed by atoms with E-state index >= 15 is 0 Å². The van der Waals surface area contributed by atoms with Crippen LogP contribution in [0.4, 0.5) is 0 Å². The molecule has 0 aromatic carbocycles. The molecule has 3 atom stereocenters. The average molecular weight is 412 g/mol. The Balaban J connectivity index is 1.54. The predicted molar refractivity (Wildman–Crippen MR) is 111 cm³/mol. The first-order valence-electron chi connectivity index (χ1n) is 10.4. The Kier molecular flexibility index (Phi) is 4.57. The van der Waals surface area contributed by atoms with Gasteiger partial charge in [0.1, 0.15) is 6.04 Å². The van der Waals surface area contributed by atoms with Crippen LogP contribution in [0.3, 0.4) is 0 Å². The maximum absolute atomic E-state index is 13.4. The van der Waals surface area contributed by atoms with Crippen LogP contribution < -0.4 is 5.56 Å². The number of aromatic nitrogens is 1. The summed E-state index contributed by atoms with van der Waals surface area (Å²) in [5, 5.41) is 1.95. The molecule has 3 aliphatic heterocycles. The second kappa shape index (κ2) is 7.13. The zero-order valence-corrected chi connectivity index (χ0v) is 17.4. The van der Waals surface area contributed by atoms with E-state index in [9.17, 15) is 14.4 Å². The lowest BCUT2D eigenvalue weighted by Gasteiger charge is -2.46. The van der Waals surface area contributed by atoms with Gasteiger partial charge in [0.05, 0.1) is 4.88 Å². The molecule has 2 aromatic heterocycles. The Morgan fingerprint density at radius 1 is 1.07 bits per heavy atom. The normalized spacial score (nSPS) is 25.8. The molecule has 5 rings (SSSR count). The number of fused-ring (bicyclic) bond motifs is 4. The summed E-state index contributed by atoms with van der Waals surface area (Å²) in [6, 6.07) is 6.74. The van der Waals surface area contributed by atoms with Crippen molar-refractivity contribution in [2.45, 2.75) is 38.1 Å². The van der Waals surface area contributed by atoms with Gasteiger partial charge in [0.25, 0.3) is 11.5 Å². The number of likely N-dealkylation sites (tertiary alicyclic amines) is 2. The smallest absolute Gasteiger partial charge is 0.264 e. The van der Waals surface area contributed by atoms with Crippen molar-refractivity contribution in [1.82, 2.24) is 14.4 Å². The van der Waals surface area contributed by atoms with Crippen LogP contribution in [0.25, 0.3) is 0 Å². The fourth-order valence-corrected chi connectivity index (χ4v) is 6.17. The summed E-state index contributed by atoms with van der Waals surface area (Å²) >= 11 is 1.47. The number of aryl methyl sites for hydroxylation is 1. The monoisotopic (exact) mass is 411 g/mol. The van der Waals surface area contributed by atoms with Crippen molar-refractivity contribution in [1.29, 1.82) is 0 Å². The highest BCUT2D eigenvalue weighted by Gasteiger charge is 2.46. The standard InChI is InChI=1S/C22H25N3O3S/c1-14-7-10-29-20(14)22(28)24-12-15-11-16(13-24)19(21(27)23-8-2-3-9-23)25-17(15)5-4-6-18(25)26/h4-7,10,15-16,19H,2-3,8-9,11-13H2,1H3/t15-,16+,19-/m1/s1. The second-order valence-corrected chi connectivity index (χ2v) is 9.39. The lowest BCUT2D eigenvalue weighted by molar-refractivity contribution is -0.137. The van der Waals surface area contributed by atoms with Gasteiger partial charge in [-0.1, -0.05) is 6.07 Å². The van der Waals surface area contributed by atoms with Gasteiger partial charge in [-0.3, -0.25) is 19.0 Å². The minimum atomic E-state index is -0.506. The highest BCUT2D eigenvalue weighted by atomic mass is 32.1. The van der Waals surface area contributed by atoms with Crippen molar-refractivity contribution >= 4 is 23.2 Å². The minimum Gasteiger partial charge on any atom is -0.341 e. The number of hydrogen-bond acceptors (Lipinski definition) is 4. The van der Waals surface area contributed by atoms with Crippen LogP contribution in [0.15, 0.2) is 34.4 Å². The number of carbonyl (C=O) groups excluding carboxylic acids is 2. The van der Waals surface area contributed by atoms with E-state index in [-0.39, 0.29) is 29.2 Å². The molecule has 2 bridgehead atoms. The summed E-state index contributed by atoms with van der Waals surface area (Å²) in [6.07, 6.45) is 2.88. The largest absolute Gasteiger partial charge is 0.341 e. The number of pyridine rings is 1. The van der Waals surface area contributed by atoms with Gasteiger partial charge in [0.2, 0.25) is 5.91 Å². The van der Waals surface area contributed by atoms with Crippen LogP contribution in [0.5, 0.6) is 0 Å². The minimum absolute atomic E-state index is 0.0290. The summed E-state index contributed by atoms with van der Waals surface area (Å²) in [5.41, 5.74) is 1.78. The molecule has 3 aliphatic rings. The van der Waals surface area contributed by atoms with E-state index in [1.54, 1.807) is 16.7 Å². The van der Waals surface area contributed by atoms with Crippen LogP contribution in [-0.2, 0) is 4.79 Å². The Morgan fingerprint density at radius 3 is 2.59 bits per heavy atom. The molecule has 6 nitrogen and oxygen atoms in total. The van der Waals surface area contributed by atoms with Crippen molar-refractivity contribution in [3.8, 4) is 0 Å². The van der Waals surface area contributed by atoms with Gasteiger partial charge < -0.3 is 9.80 Å². The van der Waals surface area contributed by atoms with Gasteiger partial charge in [-0.25, -0.2) is 0 Å². The number of rotatable bonds is 2. The van der Waals surface area contributed by atoms with E-state index in [0.29, 0.717) is 13.1 Å². The fourth-order valence-electron chi connectivity index (χ4n) is 5.28. The maximum atomic E-state index is 13.4. The summed E-state index contributed by atoms with van der Waals surface area (Å²) < 4.78 is 1.73. The van der Waals surface area contributed by atoms with E-state index in [1.807, 2.05) is 34.2 Å². The molecule has 0 saturated carbocycles. The number of hydrogen-bond donors (Lipinski definition) is 0. The Hall–Kier alpha value is -2.41. The summed E-state index contributed by atoms with van der Waals surface area (Å²) in [6.45, 7) is 4.61. The molecule has 7 heteroatoms. The Bertz CT molecular complexity index is 1020. The summed E-state index contributed by atoms with van der Waals surface area (Å²) in [4.78, 5) is 44.0. The zero-order chi connectivity index (χ0) is 20.1. The van der Waals surface area contributed by atoms with Gasteiger partial charge >= 0.3 is 0 Å². The number of nitrogens with zero attached hydrogens (tertiary/aromatic N) is 3. The first-order chi connectivity index (χ1) is 14.0. The van der Waals surface area contributed by atoms with Crippen molar-refractivity contribution < 1.29 is 9.59 Å². The molecule has 29 heavy (non-hydrogen) atoms. The zero-order valence-electron chi connectivity index (χ0n) is 16.5. The van der Waals surface area contributed by atoms with Crippen LogP contribution in [0.1, 0.15) is 52.2 Å². The van der Waals surface area contributed by atoms with Gasteiger partial charge in [-0.15, -0.1) is 11.3 Å². The SMILES string of the molecule is Cc1ccsc1C(=O)N1C[C@H]2C[C@@H](C1)[C@H](C(=O)N1CCCC1)n1c2cccc1=O. The third-order valence-corrected chi connectivity index (χ3v) is 7.67. The fraction of sp³-hybridized carbons (Fsp3) is 0.500. The maximum Gasteiger partial charge on any atom is 0.264 e. The molecular formula is C22H25N3O3S. The first kappa shape index (κ1) is 18.6. The number of amides is 2. The third-order valence-electron chi connectivity index (χ3n) is 6.66. The molecule has 0 spiro atoms. The topological polar surface area (TPSA) is 62.6 Å². The molecule has 0 unspecified atom stereocenters. The summed E-state index contributed by atoms with van der Waals surface area (Å²) in [5.74, 6) is 0.154. The molecule has 0 radical (unpaired) electrons. The average Bonchev–Trinajstić information content (AvgIpc) is 3.40. The van der Waals surface area contributed by atoms with Crippen molar-refractivity contribution in [2.75, 3.05) is 26.2 Å². The van der Waals surface area contributed by atoms with Crippen molar-refractivity contribution in [3.63, 3.8) is 0 Å². The van der Waals surface area contributed by atoms with E-state index in [0.717, 1.165) is 48.5 Å². The van der Waals surface area contributed by atoms with Gasteiger partial charge in [-0.05, 0) is 49.3 Å². The van der Waals surface area contributed by atoms with Gasteiger partial charge in [-0.2, -0.15) is 0 Å². The number of carbonyl (C=O) groups is 2. The lowest BCUT2D eigenvalue weighted by Crippen LogP contribution is -2.54. The van der Waals surface area contributed by atoms with E-state index in [2.05, 4.69) is 0 Å². The second-order valence-electron chi connectivity index (χ2n) is 8.47. The molecule has 2 saturated heterocycles. The van der Waals surface area contributed by atoms with E-state index in [1.165, 1.54) is 11.3 Å². The number of thiophene rings is 1. The molecular weight excluding hydrogens is 386 g/mol. The molecule has 2 amide bonds. The van der Waals surface area contributed by atoms with Crippen molar-refractivity contribution in [3.05, 3.63) is 56.1 Å². The van der Waals surface area contributed by atoms with Gasteiger partial charge in [0, 0.05) is 49.8 Å². The van der Waals surface area contributed by atoms with E-state index < -0.39 is 6.04 Å². The highest BCUT2D eigenvalue weighted by Crippen LogP contribution is 2.42. The molecule has 0 N–H and O–H groups in total. The predicted octanol–water partition coefficient (Wildman–Crippen LogP) is 2.64. The van der Waals surface area contributed by atoms with Crippen molar-refractivity contribution in [2.24, 2.45) is 5.92 Å².